The molecule has 0 saturated heterocycles. The van der Waals surface area contributed by atoms with Gasteiger partial charge in [0.05, 0.1) is 11.8 Å². The molecule has 0 fully saturated rings. The molecule has 0 aromatic heterocycles. The van der Waals surface area contributed by atoms with Gasteiger partial charge >= 0.3 is 6.18 Å². The summed E-state index contributed by atoms with van der Waals surface area (Å²) in [6.07, 6.45) is -4.55. The Bertz CT molecular complexity index is 1200. The minimum atomic E-state index is -4.55. The zero-order valence-corrected chi connectivity index (χ0v) is 18.6. The number of carbonyl (C=O) groups is 2. The monoisotopic (exact) mass is 465 g/mol. The number of nitrogens with one attached hydrogen (secondary N) is 1. The van der Waals surface area contributed by atoms with Crippen LogP contribution in [0.1, 0.15) is 45.5 Å². The molecule has 0 aliphatic carbocycles. The van der Waals surface area contributed by atoms with Gasteiger partial charge in [-0.05, 0) is 47.4 Å². The van der Waals surface area contributed by atoms with E-state index in [2.05, 4.69) is 12.2 Å². The van der Waals surface area contributed by atoms with Crippen molar-refractivity contribution in [2.45, 2.75) is 32.1 Å². The van der Waals surface area contributed by atoms with Crippen molar-refractivity contribution in [2.24, 2.45) is 5.92 Å². The second-order valence-corrected chi connectivity index (χ2v) is 8.56. The van der Waals surface area contributed by atoms with E-state index in [4.69, 9.17) is 0 Å². The Hall–Kier alpha value is -3.61. The molecule has 4 nitrogen and oxygen atoms in total. The Morgan fingerprint density at radius 3 is 2.41 bits per heavy atom. The van der Waals surface area contributed by atoms with Crippen LogP contribution < -0.4 is 5.32 Å². The highest BCUT2D eigenvalue weighted by Gasteiger charge is 2.45. The van der Waals surface area contributed by atoms with Gasteiger partial charge in [0.2, 0.25) is 5.91 Å². The first-order valence-corrected chi connectivity index (χ1v) is 10.9. The molecule has 4 rings (SSSR count). The van der Waals surface area contributed by atoms with E-state index < -0.39 is 23.9 Å². The van der Waals surface area contributed by atoms with E-state index in [1.165, 1.54) is 12.1 Å². The summed E-state index contributed by atoms with van der Waals surface area (Å²) < 4.78 is 40.9. The van der Waals surface area contributed by atoms with Crippen LogP contribution in [0.5, 0.6) is 0 Å². The van der Waals surface area contributed by atoms with E-state index in [1.54, 1.807) is 47.4 Å². The third-order valence-corrected chi connectivity index (χ3v) is 6.10. The zero-order valence-electron chi connectivity index (χ0n) is 18.6. The summed E-state index contributed by atoms with van der Waals surface area (Å²) >= 11 is 0. The van der Waals surface area contributed by atoms with Gasteiger partial charge in [0.15, 0.2) is 0 Å². The molecule has 2 atom stereocenters. The average molecular weight is 465 g/mol. The standard InChI is InChI=1S/C27H24F3N2O2/c1-17-6-5-8-22(14-17)31-25(33)24(18(2)27(28,29)30)20-12-10-19(11-13-20)15-32-16-21-7-3-4-9-23(21)26(32)34/h3-14,18,24H,1,15-16H2,2H3,(H,31,33). The predicted octanol–water partition coefficient (Wildman–Crippen LogP) is 5.95. The lowest BCUT2D eigenvalue weighted by Crippen LogP contribution is -2.34. The van der Waals surface area contributed by atoms with Crippen molar-refractivity contribution < 1.29 is 22.8 Å². The number of alkyl halides is 3. The number of fused-ring (bicyclic) bond motifs is 1. The van der Waals surface area contributed by atoms with Gasteiger partial charge in [0.25, 0.3) is 5.91 Å². The lowest BCUT2D eigenvalue weighted by molar-refractivity contribution is -0.178. The van der Waals surface area contributed by atoms with Crippen molar-refractivity contribution in [3.05, 3.63) is 108 Å². The molecule has 1 N–H and O–H groups in total. The molecule has 1 radical (unpaired) electrons. The molecule has 0 saturated carbocycles. The van der Waals surface area contributed by atoms with Crippen LogP contribution in [0, 0.1) is 12.8 Å². The van der Waals surface area contributed by atoms with Gasteiger partial charge in [-0.25, -0.2) is 0 Å². The number of benzene rings is 3. The maximum absolute atomic E-state index is 13.6. The Labute approximate surface area is 196 Å². The second kappa shape index (κ2) is 9.33. The highest BCUT2D eigenvalue weighted by atomic mass is 19.4. The Kier molecular flexibility index (Phi) is 6.46. The summed E-state index contributed by atoms with van der Waals surface area (Å²) in [5, 5.41) is 2.59. The number of nitrogens with zero attached hydrogens (tertiary/aromatic N) is 1. The molecule has 3 aromatic rings. The molecule has 34 heavy (non-hydrogen) atoms. The van der Waals surface area contributed by atoms with Crippen LogP contribution in [0.25, 0.3) is 0 Å². The summed E-state index contributed by atoms with van der Waals surface area (Å²) in [5.74, 6) is -4.14. The van der Waals surface area contributed by atoms with Gasteiger partial charge in [-0.2, -0.15) is 13.2 Å². The maximum Gasteiger partial charge on any atom is 0.392 e. The number of halogens is 3. The van der Waals surface area contributed by atoms with Crippen molar-refractivity contribution >= 4 is 17.5 Å². The molecule has 0 spiro atoms. The summed E-state index contributed by atoms with van der Waals surface area (Å²) in [4.78, 5) is 27.3. The van der Waals surface area contributed by atoms with Crippen molar-refractivity contribution in [1.82, 2.24) is 4.90 Å². The fraction of sp³-hybridized carbons (Fsp3) is 0.222. The maximum atomic E-state index is 13.6. The van der Waals surface area contributed by atoms with Gasteiger partial charge in [0, 0.05) is 24.3 Å². The van der Waals surface area contributed by atoms with E-state index in [-0.39, 0.29) is 11.5 Å². The Morgan fingerprint density at radius 2 is 1.76 bits per heavy atom. The smallest absolute Gasteiger partial charge is 0.330 e. The Balaban J connectivity index is 1.54. The number of anilines is 1. The Morgan fingerprint density at radius 1 is 1.06 bits per heavy atom. The molecule has 175 valence electrons. The van der Waals surface area contributed by atoms with Crippen molar-refractivity contribution in [2.75, 3.05) is 5.32 Å². The lowest BCUT2D eigenvalue weighted by Gasteiger charge is -2.26. The number of rotatable bonds is 6. The number of amides is 2. The summed E-state index contributed by atoms with van der Waals surface area (Å²) in [7, 11) is 0. The quantitative estimate of drug-likeness (QED) is 0.489. The van der Waals surface area contributed by atoms with Gasteiger partial charge in [0.1, 0.15) is 0 Å². The summed E-state index contributed by atoms with van der Waals surface area (Å²) in [6.45, 7) is 5.60. The predicted molar refractivity (Wildman–Crippen MR) is 124 cm³/mol. The van der Waals surface area contributed by atoms with Crippen molar-refractivity contribution in [1.29, 1.82) is 0 Å². The van der Waals surface area contributed by atoms with Crippen LogP contribution in [0.4, 0.5) is 18.9 Å². The lowest BCUT2D eigenvalue weighted by atomic mass is 9.85. The second-order valence-electron chi connectivity index (χ2n) is 8.56. The van der Waals surface area contributed by atoms with Gasteiger partial charge in [-0.15, -0.1) is 0 Å². The average Bonchev–Trinajstić information content (AvgIpc) is 3.10. The van der Waals surface area contributed by atoms with Crippen LogP contribution in [-0.4, -0.2) is 22.9 Å². The molecule has 1 aliphatic rings. The van der Waals surface area contributed by atoms with E-state index >= 15 is 0 Å². The van der Waals surface area contributed by atoms with E-state index in [0.717, 1.165) is 18.1 Å². The number of hydrogen-bond donors (Lipinski definition) is 1. The van der Waals surface area contributed by atoms with Crippen molar-refractivity contribution in [3.63, 3.8) is 0 Å². The molecule has 1 heterocycles. The third kappa shape index (κ3) is 4.98. The summed E-state index contributed by atoms with van der Waals surface area (Å²) in [5.41, 5.74) is 3.68. The SMILES string of the molecule is [CH2]c1cccc(NC(=O)C(c2ccc(CN3Cc4ccccc4C3=O)cc2)C(C)C(F)(F)F)c1. The fourth-order valence-corrected chi connectivity index (χ4v) is 4.22. The summed E-state index contributed by atoms with van der Waals surface area (Å²) in [6, 6.07) is 20.4. The molecule has 2 unspecified atom stereocenters. The van der Waals surface area contributed by atoms with Gasteiger partial charge in [-0.1, -0.05) is 61.5 Å². The van der Waals surface area contributed by atoms with Crippen LogP contribution in [-0.2, 0) is 17.9 Å². The van der Waals surface area contributed by atoms with Gasteiger partial charge in [-0.3, -0.25) is 9.59 Å². The van der Waals surface area contributed by atoms with Crippen LogP contribution in [0.2, 0.25) is 0 Å². The number of hydrogen-bond acceptors (Lipinski definition) is 2. The first-order chi connectivity index (χ1) is 16.1. The number of carbonyl (C=O) groups excluding carboxylic acids is 2. The third-order valence-electron chi connectivity index (χ3n) is 6.10. The molecule has 7 heteroatoms. The molecule has 3 aromatic carbocycles. The molecular formula is C27H24F3N2O2. The molecule has 0 bridgehead atoms. The fourth-order valence-electron chi connectivity index (χ4n) is 4.22. The van der Waals surface area contributed by atoms with E-state index in [9.17, 15) is 22.8 Å². The molecule has 1 aliphatic heterocycles. The first-order valence-electron chi connectivity index (χ1n) is 10.9. The van der Waals surface area contributed by atoms with E-state index in [0.29, 0.717) is 29.9 Å². The highest BCUT2D eigenvalue weighted by Crippen LogP contribution is 2.38. The minimum Gasteiger partial charge on any atom is -0.330 e. The van der Waals surface area contributed by atoms with Crippen LogP contribution in [0.15, 0.2) is 72.8 Å². The van der Waals surface area contributed by atoms with Crippen LogP contribution in [0.3, 0.4) is 0 Å². The first kappa shape index (κ1) is 23.5. The van der Waals surface area contributed by atoms with E-state index in [1.807, 2.05) is 18.2 Å². The zero-order chi connectivity index (χ0) is 24.5. The normalized spacial score (nSPS) is 15.1. The van der Waals surface area contributed by atoms with Crippen molar-refractivity contribution in [3.8, 4) is 0 Å². The van der Waals surface area contributed by atoms with Crippen LogP contribution >= 0.6 is 0 Å². The highest BCUT2D eigenvalue weighted by molar-refractivity contribution is 5.98. The largest absolute Gasteiger partial charge is 0.392 e. The topological polar surface area (TPSA) is 49.4 Å². The molecular weight excluding hydrogens is 441 g/mol. The van der Waals surface area contributed by atoms with Gasteiger partial charge < -0.3 is 10.2 Å². The minimum absolute atomic E-state index is 0.0738. The molecule has 2 amide bonds.